The number of ether oxygens (including phenoxy) is 1. The molecule has 21 heavy (non-hydrogen) atoms. The molecule has 6 nitrogen and oxygen atoms in total. The molecule has 1 aromatic heterocycles. The highest BCUT2D eigenvalue weighted by Gasteiger charge is 2.41. The number of fused-ring (bicyclic) bond motifs is 1. The van der Waals surface area contributed by atoms with E-state index in [2.05, 4.69) is 16.8 Å². The van der Waals surface area contributed by atoms with E-state index in [0.717, 1.165) is 30.9 Å². The van der Waals surface area contributed by atoms with Crippen LogP contribution in [0.2, 0.25) is 0 Å². The van der Waals surface area contributed by atoms with Gasteiger partial charge in [-0.2, -0.15) is 0 Å². The topological polar surface area (TPSA) is 65.9 Å². The second-order valence-electron chi connectivity index (χ2n) is 5.84. The Balaban J connectivity index is 1.64. The average molecular weight is 291 g/mol. The van der Waals surface area contributed by atoms with Gasteiger partial charge in [0, 0.05) is 44.1 Å². The van der Waals surface area contributed by atoms with Gasteiger partial charge in [0.25, 0.3) is 0 Å². The summed E-state index contributed by atoms with van der Waals surface area (Å²) >= 11 is 0. The molecular formula is C15H21N3O3. The van der Waals surface area contributed by atoms with Gasteiger partial charge < -0.3 is 19.6 Å². The van der Waals surface area contributed by atoms with Crippen LogP contribution in [-0.2, 0) is 0 Å². The number of hydrogen-bond donors (Lipinski definition) is 1. The monoisotopic (exact) mass is 291 g/mol. The summed E-state index contributed by atoms with van der Waals surface area (Å²) in [6.45, 7) is 5.86. The molecule has 3 rings (SSSR count). The van der Waals surface area contributed by atoms with E-state index in [-0.39, 0.29) is 0 Å². The van der Waals surface area contributed by atoms with Gasteiger partial charge in [-0.3, -0.25) is 4.98 Å². The highest BCUT2D eigenvalue weighted by Crippen LogP contribution is 2.34. The molecule has 0 spiro atoms. The third-order valence-corrected chi connectivity index (χ3v) is 4.29. The van der Waals surface area contributed by atoms with Crippen molar-refractivity contribution < 1.29 is 14.6 Å². The highest BCUT2D eigenvalue weighted by molar-refractivity contribution is 5.65. The summed E-state index contributed by atoms with van der Waals surface area (Å²) < 4.78 is 5.62. The first-order valence-electron chi connectivity index (χ1n) is 7.48. The number of likely N-dealkylation sites (tertiary alicyclic amines) is 1. The van der Waals surface area contributed by atoms with Crippen molar-refractivity contribution in [1.82, 2.24) is 9.88 Å². The van der Waals surface area contributed by atoms with Crippen molar-refractivity contribution in [3.05, 3.63) is 18.5 Å². The van der Waals surface area contributed by atoms with Gasteiger partial charge in [0.1, 0.15) is 5.75 Å². The number of anilines is 1. The summed E-state index contributed by atoms with van der Waals surface area (Å²) in [5, 5.41) is 9.06. The molecule has 3 heterocycles. The predicted octanol–water partition coefficient (Wildman–Crippen LogP) is 1.92. The van der Waals surface area contributed by atoms with Crippen LogP contribution in [0.25, 0.3) is 0 Å². The number of nitrogens with zero attached hydrogens (tertiary/aromatic N) is 3. The molecule has 0 radical (unpaired) electrons. The van der Waals surface area contributed by atoms with Gasteiger partial charge >= 0.3 is 6.09 Å². The summed E-state index contributed by atoms with van der Waals surface area (Å²) in [6.07, 6.45) is 3.77. The number of carbonyl (C=O) groups is 1. The zero-order chi connectivity index (χ0) is 14.8. The Morgan fingerprint density at radius 1 is 1.33 bits per heavy atom. The van der Waals surface area contributed by atoms with Crippen molar-refractivity contribution in [3.8, 4) is 5.75 Å². The lowest BCUT2D eigenvalue weighted by molar-refractivity contribution is 0.153. The minimum Gasteiger partial charge on any atom is -0.492 e. The summed E-state index contributed by atoms with van der Waals surface area (Å²) in [6, 6.07) is 2.03. The smallest absolute Gasteiger partial charge is 0.407 e. The zero-order valence-corrected chi connectivity index (χ0v) is 12.2. The number of hydrogen-bond acceptors (Lipinski definition) is 4. The number of carboxylic acid groups (broad SMARTS) is 1. The van der Waals surface area contributed by atoms with Gasteiger partial charge in [0.15, 0.2) is 0 Å². The molecule has 114 valence electrons. The fourth-order valence-corrected chi connectivity index (χ4v) is 3.24. The molecule has 2 fully saturated rings. The van der Waals surface area contributed by atoms with Crippen LogP contribution >= 0.6 is 0 Å². The largest absolute Gasteiger partial charge is 0.492 e. The lowest BCUT2D eigenvalue weighted by atomic mass is 10.0. The maximum atomic E-state index is 11.0. The normalized spacial score (nSPS) is 24.2. The summed E-state index contributed by atoms with van der Waals surface area (Å²) in [7, 11) is 0. The lowest BCUT2D eigenvalue weighted by Gasteiger charge is -2.22. The van der Waals surface area contributed by atoms with E-state index in [0.29, 0.717) is 31.5 Å². The van der Waals surface area contributed by atoms with E-state index in [9.17, 15) is 4.79 Å². The first-order chi connectivity index (χ1) is 10.2. The van der Waals surface area contributed by atoms with Crippen LogP contribution in [0.3, 0.4) is 0 Å². The lowest BCUT2D eigenvalue weighted by Crippen LogP contribution is -2.32. The van der Waals surface area contributed by atoms with Crippen LogP contribution < -0.4 is 9.64 Å². The fourth-order valence-electron chi connectivity index (χ4n) is 3.24. The van der Waals surface area contributed by atoms with Crippen LogP contribution in [0.4, 0.5) is 10.5 Å². The molecular weight excluding hydrogens is 270 g/mol. The van der Waals surface area contributed by atoms with Crippen LogP contribution in [0.5, 0.6) is 5.75 Å². The molecule has 0 bridgehead atoms. The maximum absolute atomic E-state index is 11.0. The van der Waals surface area contributed by atoms with Gasteiger partial charge in [0.2, 0.25) is 0 Å². The van der Waals surface area contributed by atoms with Crippen molar-refractivity contribution in [1.29, 1.82) is 0 Å². The van der Waals surface area contributed by atoms with Gasteiger partial charge in [-0.1, -0.05) is 6.92 Å². The molecule has 1 amide bonds. The Hall–Kier alpha value is -1.98. The molecule has 6 heteroatoms. The number of rotatable bonds is 4. The molecule has 2 aliphatic rings. The number of aromatic nitrogens is 1. The van der Waals surface area contributed by atoms with E-state index < -0.39 is 6.09 Å². The molecule has 0 saturated carbocycles. The first kappa shape index (κ1) is 14.0. The number of amides is 1. The van der Waals surface area contributed by atoms with Crippen LogP contribution in [0, 0.1) is 11.8 Å². The molecule has 0 aromatic carbocycles. The van der Waals surface area contributed by atoms with E-state index in [1.165, 1.54) is 4.90 Å². The van der Waals surface area contributed by atoms with Crippen LogP contribution in [0.15, 0.2) is 18.5 Å². The van der Waals surface area contributed by atoms with E-state index in [4.69, 9.17) is 9.84 Å². The third-order valence-electron chi connectivity index (χ3n) is 4.29. The molecule has 1 aromatic rings. The molecule has 2 saturated heterocycles. The minimum absolute atomic E-state index is 0.432. The standard InChI is InChI=1S/C15H21N3O3/c1-2-3-21-14-4-13(5-16-6-14)17-7-11-9-18(15(19)20)10-12(11)8-17/h4-6,11-12H,2-3,7-10H2,1H3,(H,19,20)/t11-,12+. The Kier molecular flexibility index (Phi) is 3.86. The van der Waals surface area contributed by atoms with E-state index in [1.54, 1.807) is 6.20 Å². The van der Waals surface area contributed by atoms with Crippen molar-refractivity contribution >= 4 is 11.8 Å². The quantitative estimate of drug-likeness (QED) is 0.918. The molecule has 2 aliphatic heterocycles. The molecule has 0 unspecified atom stereocenters. The van der Waals surface area contributed by atoms with Crippen molar-refractivity contribution in [2.45, 2.75) is 13.3 Å². The number of pyridine rings is 1. The Bertz CT molecular complexity index is 509. The van der Waals surface area contributed by atoms with Gasteiger partial charge in [-0.05, 0) is 6.42 Å². The predicted molar refractivity (Wildman–Crippen MR) is 78.8 cm³/mol. The van der Waals surface area contributed by atoms with Gasteiger partial charge in [0.05, 0.1) is 24.7 Å². The molecule has 0 aliphatic carbocycles. The van der Waals surface area contributed by atoms with Gasteiger partial charge in [-0.15, -0.1) is 0 Å². The van der Waals surface area contributed by atoms with Crippen molar-refractivity contribution in [2.24, 2.45) is 11.8 Å². The van der Waals surface area contributed by atoms with Crippen LogP contribution in [0.1, 0.15) is 13.3 Å². The van der Waals surface area contributed by atoms with Gasteiger partial charge in [-0.25, -0.2) is 4.79 Å². The summed E-state index contributed by atoms with van der Waals surface area (Å²) in [5.74, 6) is 1.67. The molecule has 1 N–H and O–H groups in total. The van der Waals surface area contributed by atoms with E-state index >= 15 is 0 Å². The van der Waals surface area contributed by atoms with Crippen LogP contribution in [-0.4, -0.2) is 53.9 Å². The Morgan fingerprint density at radius 2 is 2.05 bits per heavy atom. The highest BCUT2D eigenvalue weighted by atomic mass is 16.5. The first-order valence-corrected chi connectivity index (χ1v) is 7.48. The van der Waals surface area contributed by atoms with Crippen molar-refractivity contribution in [2.75, 3.05) is 37.7 Å². The summed E-state index contributed by atoms with van der Waals surface area (Å²) in [5.41, 5.74) is 1.07. The minimum atomic E-state index is -0.799. The van der Waals surface area contributed by atoms with E-state index in [1.807, 2.05) is 12.3 Å². The second kappa shape index (κ2) is 5.79. The fraction of sp³-hybridized carbons (Fsp3) is 0.600. The third kappa shape index (κ3) is 2.89. The summed E-state index contributed by atoms with van der Waals surface area (Å²) in [4.78, 5) is 19.1. The average Bonchev–Trinajstić information content (AvgIpc) is 3.04. The Labute approximate surface area is 124 Å². The second-order valence-corrected chi connectivity index (χ2v) is 5.84. The zero-order valence-electron chi connectivity index (χ0n) is 12.2. The van der Waals surface area contributed by atoms with Crippen molar-refractivity contribution in [3.63, 3.8) is 0 Å². The SMILES string of the molecule is CCCOc1cncc(N2C[C@H]3CN(C(=O)O)C[C@H]3C2)c1. The molecule has 2 atom stereocenters. The Morgan fingerprint density at radius 3 is 2.67 bits per heavy atom. The maximum Gasteiger partial charge on any atom is 0.407 e.